The molecule has 1 aromatic rings. The molecule has 0 aromatic carbocycles. The van der Waals surface area contributed by atoms with Gasteiger partial charge >= 0.3 is 11.9 Å². The molecule has 9 nitrogen and oxygen atoms in total. The molecule has 2 aliphatic rings. The van der Waals surface area contributed by atoms with Crippen molar-refractivity contribution < 1.29 is 24.5 Å². The lowest BCUT2D eigenvalue weighted by Gasteiger charge is -2.35. The number of morpholine rings is 1. The Labute approximate surface area is 158 Å². The fourth-order valence-corrected chi connectivity index (χ4v) is 3.45. The number of aliphatic carboxylic acids is 2. The fourth-order valence-electron chi connectivity index (χ4n) is 3.45. The number of piperidine rings is 1. The van der Waals surface area contributed by atoms with Crippen molar-refractivity contribution in [1.29, 1.82) is 0 Å². The summed E-state index contributed by atoms with van der Waals surface area (Å²) in [5, 5.41) is 19.0. The van der Waals surface area contributed by atoms with E-state index in [0.29, 0.717) is 63.1 Å². The van der Waals surface area contributed by atoms with E-state index in [1.54, 1.807) is 20.0 Å². The first-order chi connectivity index (χ1) is 12.8. The molecule has 3 heterocycles. The van der Waals surface area contributed by atoms with Gasteiger partial charge in [0.05, 0.1) is 24.5 Å². The third kappa shape index (κ3) is 3.97. The average molecular weight is 378 g/mol. The molecule has 0 radical (unpaired) electrons. The monoisotopic (exact) mass is 378 g/mol. The summed E-state index contributed by atoms with van der Waals surface area (Å²) in [5.74, 6) is -1.15. The zero-order valence-corrected chi connectivity index (χ0v) is 15.7. The standard InChI is InChI=1S/C18H26N4O5/c1-18(2,16(25)26)13-10-19-17(20-14(13)21-6-8-27-9-7-21)22-5-3-4-12(11-22)15(23)24/h10,12H,3-9,11H2,1-2H3,(H,23,24)(H,25,26). The Morgan fingerprint density at radius 3 is 2.52 bits per heavy atom. The summed E-state index contributed by atoms with van der Waals surface area (Å²) in [6.07, 6.45) is 2.98. The first kappa shape index (κ1) is 19.3. The van der Waals surface area contributed by atoms with Crippen molar-refractivity contribution in [2.75, 3.05) is 49.2 Å². The van der Waals surface area contributed by atoms with Crippen LogP contribution in [0.2, 0.25) is 0 Å². The zero-order chi connectivity index (χ0) is 19.6. The summed E-state index contributed by atoms with van der Waals surface area (Å²) in [7, 11) is 0. The summed E-state index contributed by atoms with van der Waals surface area (Å²) in [5.41, 5.74) is -0.593. The molecule has 9 heteroatoms. The van der Waals surface area contributed by atoms with Gasteiger partial charge in [0.15, 0.2) is 0 Å². The summed E-state index contributed by atoms with van der Waals surface area (Å²) in [6, 6.07) is 0. The van der Waals surface area contributed by atoms with E-state index in [9.17, 15) is 19.8 Å². The van der Waals surface area contributed by atoms with Gasteiger partial charge in [0.25, 0.3) is 0 Å². The van der Waals surface area contributed by atoms with Crippen LogP contribution in [0.1, 0.15) is 32.3 Å². The fraction of sp³-hybridized carbons (Fsp3) is 0.667. The second-order valence-corrected chi connectivity index (χ2v) is 7.56. The van der Waals surface area contributed by atoms with Gasteiger partial charge in [-0.1, -0.05) is 0 Å². The third-order valence-corrected chi connectivity index (χ3v) is 5.33. The number of rotatable bonds is 5. The molecule has 2 fully saturated rings. The third-order valence-electron chi connectivity index (χ3n) is 5.33. The van der Waals surface area contributed by atoms with E-state index < -0.39 is 23.3 Å². The Morgan fingerprint density at radius 1 is 1.19 bits per heavy atom. The van der Waals surface area contributed by atoms with Gasteiger partial charge in [0.2, 0.25) is 5.95 Å². The maximum absolute atomic E-state index is 11.8. The molecule has 0 spiro atoms. The van der Waals surface area contributed by atoms with E-state index in [2.05, 4.69) is 4.98 Å². The minimum absolute atomic E-state index is 0.361. The normalized spacial score (nSPS) is 21.2. The lowest BCUT2D eigenvalue weighted by Crippen LogP contribution is -2.42. The second-order valence-electron chi connectivity index (χ2n) is 7.56. The average Bonchev–Trinajstić information content (AvgIpc) is 2.68. The molecule has 2 saturated heterocycles. The molecule has 3 rings (SSSR count). The molecule has 1 unspecified atom stereocenters. The van der Waals surface area contributed by atoms with Gasteiger partial charge in [-0.2, -0.15) is 4.98 Å². The summed E-state index contributed by atoms with van der Waals surface area (Å²) in [6.45, 7) is 6.67. The Hall–Kier alpha value is -2.42. The number of carbonyl (C=O) groups is 2. The van der Waals surface area contributed by atoms with Crippen LogP contribution in [0.4, 0.5) is 11.8 Å². The van der Waals surface area contributed by atoms with Gasteiger partial charge < -0.3 is 24.7 Å². The van der Waals surface area contributed by atoms with E-state index in [1.807, 2.05) is 9.80 Å². The molecule has 0 saturated carbocycles. The number of anilines is 2. The van der Waals surface area contributed by atoms with Crippen molar-refractivity contribution in [3.63, 3.8) is 0 Å². The van der Waals surface area contributed by atoms with Gasteiger partial charge in [-0.25, -0.2) is 4.98 Å². The Balaban J connectivity index is 1.97. The number of carboxylic acids is 2. The van der Waals surface area contributed by atoms with Crippen molar-refractivity contribution in [2.24, 2.45) is 5.92 Å². The summed E-state index contributed by atoms with van der Waals surface area (Å²) >= 11 is 0. The number of carboxylic acid groups (broad SMARTS) is 2. The Kier molecular flexibility index (Phi) is 5.50. The molecule has 27 heavy (non-hydrogen) atoms. The summed E-state index contributed by atoms with van der Waals surface area (Å²) < 4.78 is 5.40. The van der Waals surface area contributed by atoms with E-state index in [4.69, 9.17) is 9.72 Å². The van der Waals surface area contributed by atoms with Gasteiger partial charge in [0.1, 0.15) is 5.82 Å². The molecule has 2 aliphatic heterocycles. The molecule has 0 aliphatic carbocycles. The summed E-state index contributed by atoms with van der Waals surface area (Å²) in [4.78, 5) is 36.1. The van der Waals surface area contributed by atoms with Crippen molar-refractivity contribution in [3.8, 4) is 0 Å². The van der Waals surface area contributed by atoms with Crippen molar-refractivity contribution in [1.82, 2.24) is 9.97 Å². The van der Waals surface area contributed by atoms with Crippen LogP contribution in [0.3, 0.4) is 0 Å². The molecule has 1 atom stereocenters. The predicted molar refractivity (Wildman–Crippen MR) is 98.3 cm³/mol. The minimum atomic E-state index is -1.14. The van der Waals surface area contributed by atoms with Crippen LogP contribution in [-0.2, 0) is 19.7 Å². The molecule has 0 amide bonds. The number of ether oxygens (including phenoxy) is 1. The number of aromatic nitrogens is 2. The van der Waals surface area contributed by atoms with Gasteiger partial charge in [0, 0.05) is 37.9 Å². The smallest absolute Gasteiger partial charge is 0.313 e. The Bertz CT molecular complexity index is 718. The highest BCUT2D eigenvalue weighted by atomic mass is 16.5. The van der Waals surface area contributed by atoms with Crippen LogP contribution >= 0.6 is 0 Å². The lowest BCUT2D eigenvalue weighted by molar-refractivity contribution is -0.143. The molecule has 2 N–H and O–H groups in total. The number of hydrogen-bond donors (Lipinski definition) is 2. The maximum atomic E-state index is 11.8. The van der Waals surface area contributed by atoms with Crippen LogP contribution in [-0.4, -0.2) is 71.5 Å². The van der Waals surface area contributed by atoms with E-state index in [1.165, 1.54) is 0 Å². The first-order valence-corrected chi connectivity index (χ1v) is 9.22. The number of nitrogens with zero attached hydrogens (tertiary/aromatic N) is 4. The highest BCUT2D eigenvalue weighted by Gasteiger charge is 2.36. The van der Waals surface area contributed by atoms with Crippen molar-refractivity contribution in [2.45, 2.75) is 32.1 Å². The van der Waals surface area contributed by atoms with Gasteiger partial charge in [-0.15, -0.1) is 0 Å². The van der Waals surface area contributed by atoms with Crippen LogP contribution in [0, 0.1) is 5.92 Å². The molecule has 1 aromatic heterocycles. The highest BCUT2D eigenvalue weighted by molar-refractivity contribution is 5.82. The van der Waals surface area contributed by atoms with Crippen molar-refractivity contribution in [3.05, 3.63) is 11.8 Å². The highest BCUT2D eigenvalue weighted by Crippen LogP contribution is 2.33. The Morgan fingerprint density at radius 2 is 1.89 bits per heavy atom. The van der Waals surface area contributed by atoms with Crippen LogP contribution < -0.4 is 9.80 Å². The minimum Gasteiger partial charge on any atom is -0.481 e. The number of hydrogen-bond acceptors (Lipinski definition) is 7. The molecular formula is C18H26N4O5. The molecule has 0 bridgehead atoms. The largest absolute Gasteiger partial charge is 0.481 e. The van der Waals surface area contributed by atoms with E-state index in [-0.39, 0.29) is 0 Å². The first-order valence-electron chi connectivity index (χ1n) is 9.22. The molecular weight excluding hydrogens is 352 g/mol. The molecule has 148 valence electrons. The SMILES string of the molecule is CC(C)(C(=O)O)c1cnc(N2CCCC(C(=O)O)C2)nc1N1CCOCC1. The topological polar surface area (TPSA) is 116 Å². The van der Waals surface area contributed by atoms with Gasteiger partial charge in [-0.05, 0) is 26.7 Å². The van der Waals surface area contributed by atoms with E-state index in [0.717, 1.165) is 6.42 Å². The van der Waals surface area contributed by atoms with Crippen LogP contribution in [0.25, 0.3) is 0 Å². The maximum Gasteiger partial charge on any atom is 0.313 e. The lowest BCUT2D eigenvalue weighted by atomic mass is 9.85. The zero-order valence-electron chi connectivity index (χ0n) is 15.7. The van der Waals surface area contributed by atoms with Crippen LogP contribution in [0.5, 0.6) is 0 Å². The quantitative estimate of drug-likeness (QED) is 0.773. The predicted octanol–water partition coefficient (Wildman–Crippen LogP) is 0.976. The second kappa shape index (κ2) is 7.67. The van der Waals surface area contributed by atoms with Crippen LogP contribution in [0.15, 0.2) is 6.20 Å². The van der Waals surface area contributed by atoms with Gasteiger partial charge in [-0.3, -0.25) is 9.59 Å². The van der Waals surface area contributed by atoms with Crippen molar-refractivity contribution >= 4 is 23.7 Å². The van der Waals surface area contributed by atoms with E-state index >= 15 is 0 Å².